The number of carbonyl (C=O) groups is 3. The molecule has 0 saturated carbocycles. The van der Waals surface area contributed by atoms with Crippen LogP contribution in [0.2, 0.25) is 0 Å². The summed E-state index contributed by atoms with van der Waals surface area (Å²) >= 11 is 0. The number of amides is 3. The number of hydrogen-bond acceptors (Lipinski definition) is 6. The van der Waals surface area contributed by atoms with Gasteiger partial charge in [-0.1, -0.05) is 48.5 Å². The molecule has 4 aromatic carbocycles. The average molecular weight is 567 g/mol. The first-order valence-corrected chi connectivity index (χ1v) is 13.4. The number of anilines is 2. The maximum absolute atomic E-state index is 13.3. The Morgan fingerprint density at radius 2 is 1.14 bits per heavy atom. The summed E-state index contributed by atoms with van der Waals surface area (Å²) in [7, 11) is 3.17. The molecule has 0 atom stereocenters. The second-order valence-corrected chi connectivity index (χ2v) is 9.63. The standard InChI is InChI=1S/C33H34N4O5/c1-41-26-15-9-23(10-16-26)20-35-32(39)28(33(40)36-21-24-11-17-27(42-2)18-12-24)19-22-7-13-25(14-8-22)31(38)37-30-6-4-3-5-29(30)34/h3-18,28H,19-21,34H2,1-2H3,(H,35,39)(H,36,40)(H,37,38). The predicted octanol–water partition coefficient (Wildman–Crippen LogP) is 4.33. The highest BCUT2D eigenvalue weighted by Gasteiger charge is 2.27. The normalized spacial score (nSPS) is 10.5. The summed E-state index contributed by atoms with van der Waals surface area (Å²) in [5.74, 6) is -0.690. The highest BCUT2D eigenvalue weighted by Crippen LogP contribution is 2.19. The van der Waals surface area contributed by atoms with E-state index in [4.69, 9.17) is 15.2 Å². The number of nitrogen functional groups attached to an aromatic ring is 1. The summed E-state index contributed by atoms with van der Waals surface area (Å²) in [5, 5.41) is 8.55. The number of hydrogen-bond donors (Lipinski definition) is 4. The van der Waals surface area contributed by atoms with Crippen LogP contribution >= 0.6 is 0 Å². The van der Waals surface area contributed by atoms with Gasteiger partial charge in [-0.3, -0.25) is 14.4 Å². The van der Waals surface area contributed by atoms with E-state index < -0.39 is 17.7 Å². The van der Waals surface area contributed by atoms with E-state index in [0.717, 1.165) is 16.7 Å². The summed E-state index contributed by atoms with van der Waals surface area (Å²) in [6.45, 7) is 0.514. The van der Waals surface area contributed by atoms with Crippen molar-refractivity contribution in [2.45, 2.75) is 19.5 Å². The number of nitrogens with two attached hydrogens (primary N) is 1. The summed E-state index contributed by atoms with van der Waals surface area (Å²) in [6, 6.07) is 28.4. The number of methoxy groups -OCH3 is 2. The molecule has 9 heteroatoms. The Balaban J connectivity index is 1.44. The summed E-state index contributed by atoms with van der Waals surface area (Å²) in [6.07, 6.45) is 0.149. The van der Waals surface area contributed by atoms with Gasteiger partial charge in [-0.05, 0) is 71.6 Å². The van der Waals surface area contributed by atoms with Crippen LogP contribution in [-0.4, -0.2) is 31.9 Å². The Morgan fingerprint density at radius 1 is 0.667 bits per heavy atom. The van der Waals surface area contributed by atoms with Crippen molar-refractivity contribution in [1.29, 1.82) is 0 Å². The molecule has 0 aliphatic carbocycles. The lowest BCUT2D eigenvalue weighted by atomic mass is 9.96. The second-order valence-electron chi connectivity index (χ2n) is 9.63. The maximum Gasteiger partial charge on any atom is 0.255 e. The zero-order valence-electron chi connectivity index (χ0n) is 23.6. The highest BCUT2D eigenvalue weighted by molar-refractivity contribution is 6.05. The Bertz CT molecular complexity index is 1440. The molecule has 0 saturated heterocycles. The summed E-state index contributed by atoms with van der Waals surface area (Å²) in [5.41, 5.74) is 9.81. The van der Waals surface area contributed by atoms with Gasteiger partial charge in [0.2, 0.25) is 11.8 Å². The molecule has 0 aliphatic heterocycles. The fraction of sp³-hybridized carbons (Fsp3) is 0.182. The fourth-order valence-electron chi connectivity index (χ4n) is 4.25. The largest absolute Gasteiger partial charge is 0.497 e. The molecule has 0 radical (unpaired) electrons. The van der Waals surface area contributed by atoms with E-state index in [1.807, 2.05) is 48.5 Å². The van der Waals surface area contributed by atoms with E-state index >= 15 is 0 Å². The lowest BCUT2D eigenvalue weighted by Gasteiger charge is -2.18. The number of nitrogens with one attached hydrogen (secondary N) is 3. The number of carbonyl (C=O) groups excluding carboxylic acids is 3. The van der Waals surface area contributed by atoms with Crippen molar-refractivity contribution in [2.24, 2.45) is 5.92 Å². The van der Waals surface area contributed by atoms with Crippen LogP contribution < -0.4 is 31.2 Å². The minimum Gasteiger partial charge on any atom is -0.497 e. The van der Waals surface area contributed by atoms with Crippen molar-refractivity contribution in [1.82, 2.24) is 10.6 Å². The van der Waals surface area contributed by atoms with E-state index in [2.05, 4.69) is 16.0 Å². The molecule has 0 spiro atoms. The maximum atomic E-state index is 13.3. The first-order valence-electron chi connectivity index (χ1n) is 13.4. The molecular formula is C33H34N4O5. The van der Waals surface area contributed by atoms with Crippen LogP contribution in [0.15, 0.2) is 97.1 Å². The molecule has 5 N–H and O–H groups in total. The van der Waals surface area contributed by atoms with Crippen LogP contribution in [0.5, 0.6) is 11.5 Å². The summed E-state index contributed by atoms with van der Waals surface area (Å²) < 4.78 is 10.4. The van der Waals surface area contributed by atoms with Crippen LogP contribution in [0.3, 0.4) is 0 Å². The van der Waals surface area contributed by atoms with Crippen molar-refractivity contribution >= 4 is 29.1 Å². The van der Waals surface area contributed by atoms with Gasteiger partial charge in [0, 0.05) is 18.7 Å². The van der Waals surface area contributed by atoms with Gasteiger partial charge in [-0.2, -0.15) is 0 Å². The molecule has 0 unspecified atom stereocenters. The third-order valence-corrected chi connectivity index (χ3v) is 6.75. The average Bonchev–Trinajstić information content (AvgIpc) is 3.03. The van der Waals surface area contributed by atoms with Crippen molar-refractivity contribution < 1.29 is 23.9 Å². The molecule has 9 nitrogen and oxygen atoms in total. The van der Waals surface area contributed by atoms with Crippen molar-refractivity contribution in [2.75, 3.05) is 25.3 Å². The molecule has 0 heterocycles. The van der Waals surface area contributed by atoms with Gasteiger partial charge in [-0.15, -0.1) is 0 Å². The Morgan fingerprint density at radius 3 is 1.62 bits per heavy atom. The first kappa shape index (κ1) is 29.7. The van der Waals surface area contributed by atoms with Crippen LogP contribution in [0.25, 0.3) is 0 Å². The monoisotopic (exact) mass is 566 g/mol. The van der Waals surface area contributed by atoms with Crippen LogP contribution in [-0.2, 0) is 29.1 Å². The quantitative estimate of drug-likeness (QED) is 0.149. The number of rotatable bonds is 12. The predicted molar refractivity (Wildman–Crippen MR) is 162 cm³/mol. The zero-order valence-corrected chi connectivity index (χ0v) is 23.6. The molecule has 0 bridgehead atoms. The molecule has 4 rings (SSSR count). The van der Waals surface area contributed by atoms with Gasteiger partial charge >= 0.3 is 0 Å². The smallest absolute Gasteiger partial charge is 0.255 e. The minimum atomic E-state index is -0.995. The highest BCUT2D eigenvalue weighted by atomic mass is 16.5. The zero-order chi connectivity index (χ0) is 29.9. The molecule has 3 amide bonds. The van der Waals surface area contributed by atoms with E-state index in [1.54, 1.807) is 62.8 Å². The van der Waals surface area contributed by atoms with Gasteiger partial charge in [-0.25, -0.2) is 0 Å². The first-order chi connectivity index (χ1) is 20.4. The van der Waals surface area contributed by atoms with Crippen molar-refractivity contribution in [3.05, 3.63) is 119 Å². The van der Waals surface area contributed by atoms with E-state index in [-0.39, 0.29) is 25.4 Å². The van der Waals surface area contributed by atoms with Crippen LogP contribution in [0, 0.1) is 5.92 Å². The second kappa shape index (κ2) is 14.4. The van der Waals surface area contributed by atoms with Gasteiger partial charge in [0.25, 0.3) is 5.91 Å². The third-order valence-electron chi connectivity index (χ3n) is 6.75. The van der Waals surface area contributed by atoms with Crippen LogP contribution in [0.1, 0.15) is 27.0 Å². The van der Waals surface area contributed by atoms with Gasteiger partial charge < -0.3 is 31.2 Å². The molecule has 0 aromatic heterocycles. The molecule has 0 fully saturated rings. The Kier molecular flexibility index (Phi) is 10.1. The van der Waals surface area contributed by atoms with Crippen molar-refractivity contribution in [3.8, 4) is 11.5 Å². The molecular weight excluding hydrogens is 532 g/mol. The van der Waals surface area contributed by atoms with E-state index in [9.17, 15) is 14.4 Å². The number of benzene rings is 4. The lowest BCUT2D eigenvalue weighted by Crippen LogP contribution is -2.42. The number of para-hydroxylation sites is 2. The molecule has 4 aromatic rings. The Labute approximate surface area is 245 Å². The molecule has 216 valence electrons. The SMILES string of the molecule is COc1ccc(CNC(=O)C(Cc2ccc(C(=O)Nc3ccccc3N)cc2)C(=O)NCc2ccc(OC)cc2)cc1. The van der Waals surface area contributed by atoms with E-state index in [1.165, 1.54) is 0 Å². The number of ether oxygens (including phenoxy) is 2. The van der Waals surface area contributed by atoms with Gasteiger partial charge in [0.05, 0.1) is 25.6 Å². The minimum absolute atomic E-state index is 0.149. The summed E-state index contributed by atoms with van der Waals surface area (Å²) in [4.78, 5) is 39.3. The molecule has 0 aliphatic rings. The van der Waals surface area contributed by atoms with E-state index in [0.29, 0.717) is 28.4 Å². The fourth-order valence-corrected chi connectivity index (χ4v) is 4.25. The Hall–Kier alpha value is -5.31. The van der Waals surface area contributed by atoms with Crippen molar-refractivity contribution in [3.63, 3.8) is 0 Å². The van der Waals surface area contributed by atoms with Gasteiger partial charge in [0.15, 0.2) is 0 Å². The topological polar surface area (TPSA) is 132 Å². The third kappa shape index (κ3) is 8.11. The van der Waals surface area contributed by atoms with Gasteiger partial charge in [0.1, 0.15) is 17.4 Å². The lowest BCUT2D eigenvalue weighted by molar-refractivity contribution is -0.135. The molecule has 42 heavy (non-hydrogen) atoms. The van der Waals surface area contributed by atoms with Crippen LogP contribution in [0.4, 0.5) is 11.4 Å².